The molecule has 2 unspecified atom stereocenters. The van der Waals surface area contributed by atoms with Gasteiger partial charge in [-0.25, -0.2) is 8.78 Å². The Kier molecular flexibility index (Phi) is 15.8. The smallest absolute Gasteiger partial charge is 0.251 e. The van der Waals surface area contributed by atoms with Crippen LogP contribution in [0, 0.1) is 12.8 Å². The first kappa shape index (κ1) is 35.0. The minimum atomic E-state index is -2.65. The van der Waals surface area contributed by atoms with Crippen LogP contribution in [-0.2, 0) is 19.3 Å². The third kappa shape index (κ3) is 11.5. The Bertz CT molecular complexity index is 982. The first-order valence-corrected chi connectivity index (χ1v) is 15.6. The maximum absolute atomic E-state index is 13.2. The van der Waals surface area contributed by atoms with Crippen molar-refractivity contribution in [3.05, 3.63) is 76.1 Å². The van der Waals surface area contributed by atoms with Crippen LogP contribution in [0.5, 0.6) is 0 Å². The molecule has 0 radical (unpaired) electrons. The topological polar surface area (TPSA) is 12.9 Å². The molecule has 0 saturated heterocycles. The second-order valence-corrected chi connectivity index (χ2v) is 11.5. The van der Waals surface area contributed by atoms with Crippen molar-refractivity contribution >= 4 is 0 Å². The van der Waals surface area contributed by atoms with E-state index in [9.17, 15) is 8.78 Å². The zero-order valence-electron chi connectivity index (χ0n) is 26.6. The minimum absolute atomic E-state index is 0.691. The summed E-state index contributed by atoms with van der Waals surface area (Å²) in [5.41, 5.74) is 8.57. The number of rotatable bonds is 12. The lowest BCUT2D eigenvalue weighted by Gasteiger charge is -2.21. The first-order valence-electron chi connectivity index (χ1n) is 15.6. The van der Waals surface area contributed by atoms with E-state index in [0.29, 0.717) is 5.92 Å². The molecule has 0 amide bonds. The number of alkyl halides is 2. The Morgan fingerprint density at radius 2 is 1.72 bits per heavy atom. The van der Waals surface area contributed by atoms with Crippen molar-refractivity contribution in [3.63, 3.8) is 0 Å². The molecule has 1 aliphatic carbocycles. The Morgan fingerprint density at radius 3 is 2.23 bits per heavy atom. The molecule has 1 nitrogen and oxygen atoms in total. The number of halogens is 2. The van der Waals surface area contributed by atoms with Crippen LogP contribution in [0.3, 0.4) is 0 Å². The molecule has 220 valence electrons. The first-order chi connectivity index (χ1) is 18.5. The minimum Gasteiger partial charge on any atom is -0.261 e. The molecule has 2 aromatic rings. The largest absolute Gasteiger partial charge is 0.261 e. The molecular weight excluding hydrogens is 484 g/mol. The van der Waals surface area contributed by atoms with Gasteiger partial charge in [0.15, 0.2) is 0 Å². The van der Waals surface area contributed by atoms with Crippen molar-refractivity contribution in [2.45, 2.75) is 144 Å². The molecule has 0 aliphatic heterocycles. The van der Waals surface area contributed by atoms with Gasteiger partial charge in [0.2, 0.25) is 0 Å². The molecule has 0 N–H and O–H groups in total. The van der Waals surface area contributed by atoms with Gasteiger partial charge in [-0.3, -0.25) is 4.98 Å². The second-order valence-electron chi connectivity index (χ2n) is 11.5. The highest BCUT2D eigenvalue weighted by Gasteiger charge is 2.32. The van der Waals surface area contributed by atoms with E-state index in [2.05, 4.69) is 46.5 Å². The van der Waals surface area contributed by atoms with Crippen LogP contribution >= 0.6 is 0 Å². The van der Waals surface area contributed by atoms with E-state index < -0.39 is 11.8 Å². The van der Waals surface area contributed by atoms with E-state index in [1.807, 2.05) is 39.0 Å². The summed E-state index contributed by atoms with van der Waals surface area (Å²) in [4.78, 5) is 4.73. The summed E-state index contributed by atoms with van der Waals surface area (Å²) in [6.07, 6.45) is 14.5. The Hall–Kier alpha value is -2.03. The molecule has 0 bridgehead atoms. The SMILES string of the molecule is C=C(C)CC1CCc2cnc(CCC(CCC)CCC)cc21.CC.CCc1ccc(C(C)C(C)(F)F)c(C)c1. The van der Waals surface area contributed by atoms with Gasteiger partial charge in [-0.15, -0.1) is 6.58 Å². The molecule has 1 aliphatic rings. The average molecular weight is 542 g/mol. The van der Waals surface area contributed by atoms with E-state index in [1.54, 1.807) is 12.5 Å². The van der Waals surface area contributed by atoms with Crippen LogP contribution in [0.25, 0.3) is 0 Å². The van der Waals surface area contributed by atoms with Crippen LogP contribution < -0.4 is 0 Å². The Morgan fingerprint density at radius 1 is 1.08 bits per heavy atom. The summed E-state index contributed by atoms with van der Waals surface area (Å²) in [6.45, 7) is 21.4. The predicted molar refractivity (Wildman–Crippen MR) is 167 cm³/mol. The fourth-order valence-corrected chi connectivity index (χ4v) is 5.71. The summed E-state index contributed by atoms with van der Waals surface area (Å²) in [6, 6.07) is 8.17. The van der Waals surface area contributed by atoms with E-state index >= 15 is 0 Å². The van der Waals surface area contributed by atoms with Crippen molar-refractivity contribution in [1.82, 2.24) is 4.98 Å². The Labute approximate surface area is 239 Å². The average Bonchev–Trinajstić information content (AvgIpc) is 3.29. The van der Waals surface area contributed by atoms with Gasteiger partial charge in [-0.05, 0) is 105 Å². The molecule has 1 heterocycles. The van der Waals surface area contributed by atoms with Crippen molar-refractivity contribution in [3.8, 4) is 0 Å². The number of nitrogens with zero attached hydrogens (tertiary/aromatic N) is 1. The van der Waals surface area contributed by atoms with Crippen LogP contribution in [0.2, 0.25) is 0 Å². The number of benzene rings is 1. The van der Waals surface area contributed by atoms with Crippen molar-refractivity contribution < 1.29 is 8.78 Å². The lowest BCUT2D eigenvalue weighted by Crippen LogP contribution is -2.20. The molecule has 3 rings (SSSR count). The normalized spacial score (nSPS) is 15.1. The number of hydrogen-bond acceptors (Lipinski definition) is 1. The fourth-order valence-electron chi connectivity index (χ4n) is 5.71. The van der Waals surface area contributed by atoms with Gasteiger partial charge >= 0.3 is 0 Å². The molecular formula is C36H57F2N. The predicted octanol–water partition coefficient (Wildman–Crippen LogP) is 11.6. The quantitative estimate of drug-likeness (QED) is 0.243. The van der Waals surface area contributed by atoms with Gasteiger partial charge in [0.25, 0.3) is 5.92 Å². The molecule has 3 heteroatoms. The number of aromatic nitrogens is 1. The third-order valence-electron chi connectivity index (χ3n) is 8.05. The Balaban J connectivity index is 0.000000391. The number of hydrogen-bond donors (Lipinski definition) is 0. The summed E-state index contributed by atoms with van der Waals surface area (Å²) in [7, 11) is 0. The summed E-state index contributed by atoms with van der Waals surface area (Å²) in [5.74, 6) is -1.80. The number of allylic oxidation sites excluding steroid dienone is 1. The van der Waals surface area contributed by atoms with Gasteiger partial charge in [0.1, 0.15) is 0 Å². The highest BCUT2D eigenvalue weighted by atomic mass is 19.3. The highest BCUT2D eigenvalue weighted by molar-refractivity contribution is 5.36. The number of fused-ring (bicyclic) bond motifs is 1. The monoisotopic (exact) mass is 541 g/mol. The van der Waals surface area contributed by atoms with Crippen molar-refractivity contribution in [2.75, 3.05) is 0 Å². The fraction of sp³-hybridized carbons (Fsp3) is 0.639. The standard InChI is InChI=1S/C21H33N.C13H18F2.C2H6/c1-5-7-17(8-6-2)9-12-20-14-21-18(13-16(3)4)10-11-19(21)15-22-20;1-5-11-6-7-12(9(2)8-11)10(3)13(4,14)15;1-2/h14-15,17-18H,3,5-13H2,1-2,4H3;6-8,10H,5H2,1-4H3;1-2H3. The van der Waals surface area contributed by atoms with Gasteiger partial charge in [0, 0.05) is 17.8 Å². The lowest BCUT2D eigenvalue weighted by atomic mass is 9.90. The molecule has 0 saturated carbocycles. The van der Waals surface area contributed by atoms with Crippen LogP contribution in [0.1, 0.15) is 146 Å². The number of aryl methyl sites for hydroxylation is 4. The molecule has 0 spiro atoms. The molecule has 0 fully saturated rings. The van der Waals surface area contributed by atoms with E-state index in [0.717, 1.165) is 43.2 Å². The zero-order chi connectivity index (χ0) is 29.6. The molecule has 1 aromatic carbocycles. The summed E-state index contributed by atoms with van der Waals surface area (Å²) < 4.78 is 26.3. The third-order valence-corrected chi connectivity index (χ3v) is 8.05. The molecule has 2 atom stereocenters. The second kappa shape index (κ2) is 17.6. The van der Waals surface area contributed by atoms with Crippen LogP contribution in [0.4, 0.5) is 8.78 Å². The number of pyridine rings is 1. The molecule has 39 heavy (non-hydrogen) atoms. The summed E-state index contributed by atoms with van der Waals surface area (Å²) in [5, 5.41) is 0. The van der Waals surface area contributed by atoms with E-state index in [1.165, 1.54) is 67.3 Å². The van der Waals surface area contributed by atoms with Crippen molar-refractivity contribution in [1.29, 1.82) is 0 Å². The van der Waals surface area contributed by atoms with E-state index in [4.69, 9.17) is 4.98 Å². The van der Waals surface area contributed by atoms with Crippen LogP contribution in [-0.4, -0.2) is 10.9 Å². The van der Waals surface area contributed by atoms with Gasteiger partial charge in [-0.1, -0.05) is 91.0 Å². The van der Waals surface area contributed by atoms with Crippen molar-refractivity contribution in [2.24, 2.45) is 5.92 Å². The van der Waals surface area contributed by atoms with Crippen LogP contribution in [0.15, 0.2) is 42.6 Å². The lowest BCUT2D eigenvalue weighted by molar-refractivity contribution is -0.00242. The van der Waals surface area contributed by atoms with Gasteiger partial charge < -0.3 is 0 Å². The maximum Gasteiger partial charge on any atom is 0.251 e. The van der Waals surface area contributed by atoms with Gasteiger partial charge in [0.05, 0.1) is 0 Å². The van der Waals surface area contributed by atoms with Gasteiger partial charge in [-0.2, -0.15) is 0 Å². The zero-order valence-corrected chi connectivity index (χ0v) is 26.6. The maximum atomic E-state index is 13.2. The summed E-state index contributed by atoms with van der Waals surface area (Å²) >= 11 is 0. The molecule has 1 aromatic heterocycles. The highest BCUT2D eigenvalue weighted by Crippen LogP contribution is 2.37. The van der Waals surface area contributed by atoms with E-state index in [-0.39, 0.29) is 0 Å².